The van der Waals surface area contributed by atoms with Crippen molar-refractivity contribution >= 4 is 5.69 Å². The number of rotatable bonds is 2. The number of aromatic nitrogens is 1. The van der Waals surface area contributed by atoms with Gasteiger partial charge >= 0.3 is 0 Å². The first-order chi connectivity index (χ1) is 7.38. The van der Waals surface area contributed by atoms with Crippen molar-refractivity contribution in [2.24, 2.45) is 5.41 Å². The molecule has 3 heteroatoms. The van der Waals surface area contributed by atoms with Crippen molar-refractivity contribution in [1.82, 2.24) is 4.98 Å². The Morgan fingerprint density at radius 1 is 1.44 bits per heavy atom. The average molecular weight is 217 g/mol. The Balaban J connectivity index is 3.06. The van der Waals surface area contributed by atoms with Crippen molar-refractivity contribution in [3.8, 4) is 6.07 Å². The van der Waals surface area contributed by atoms with Crippen LogP contribution in [-0.4, -0.2) is 18.1 Å². The molecule has 0 aliphatic heterocycles. The zero-order valence-corrected chi connectivity index (χ0v) is 10.7. The molecule has 0 aromatic carbocycles. The molecule has 1 rings (SSSR count). The molecule has 86 valence electrons. The third-order valence-electron chi connectivity index (χ3n) is 3.13. The van der Waals surface area contributed by atoms with Crippen LogP contribution < -0.4 is 4.90 Å². The molecule has 0 spiro atoms. The van der Waals surface area contributed by atoms with Crippen LogP contribution >= 0.6 is 0 Å². The van der Waals surface area contributed by atoms with Gasteiger partial charge in [-0.1, -0.05) is 20.8 Å². The Labute approximate surface area is 97.7 Å². The van der Waals surface area contributed by atoms with Crippen molar-refractivity contribution in [1.29, 1.82) is 5.26 Å². The lowest BCUT2D eigenvalue weighted by Gasteiger charge is -2.37. The maximum Gasteiger partial charge on any atom is 0.101 e. The van der Waals surface area contributed by atoms with Crippen molar-refractivity contribution < 1.29 is 0 Å². The van der Waals surface area contributed by atoms with E-state index in [1.807, 2.05) is 7.05 Å². The molecule has 1 heterocycles. The van der Waals surface area contributed by atoms with E-state index in [2.05, 4.69) is 43.6 Å². The van der Waals surface area contributed by atoms with Crippen molar-refractivity contribution in [3.05, 3.63) is 24.0 Å². The predicted molar refractivity (Wildman–Crippen MR) is 66.3 cm³/mol. The molecular weight excluding hydrogens is 198 g/mol. The van der Waals surface area contributed by atoms with Crippen molar-refractivity contribution in [2.75, 3.05) is 11.9 Å². The summed E-state index contributed by atoms with van der Waals surface area (Å²) in [5.41, 5.74) is 1.73. The number of nitrogens with zero attached hydrogens (tertiary/aromatic N) is 3. The highest BCUT2D eigenvalue weighted by molar-refractivity contribution is 5.57. The van der Waals surface area contributed by atoms with Crippen LogP contribution in [-0.2, 0) is 0 Å². The van der Waals surface area contributed by atoms with Gasteiger partial charge in [-0.25, -0.2) is 0 Å². The van der Waals surface area contributed by atoms with Gasteiger partial charge in [0.2, 0.25) is 0 Å². The standard InChI is InChI=1S/C13H19N3/c1-10(13(2,3)4)16(5)12-9-15-7-6-11(12)8-14/h6-7,9-10H,1-5H3. The lowest BCUT2D eigenvalue weighted by atomic mass is 9.87. The largest absolute Gasteiger partial charge is 0.369 e. The van der Waals surface area contributed by atoms with Gasteiger partial charge in [-0.05, 0) is 18.4 Å². The van der Waals surface area contributed by atoms with E-state index < -0.39 is 0 Å². The van der Waals surface area contributed by atoms with E-state index in [4.69, 9.17) is 5.26 Å². The first kappa shape index (κ1) is 12.5. The highest BCUT2D eigenvalue weighted by Crippen LogP contribution is 2.28. The van der Waals surface area contributed by atoms with Gasteiger partial charge in [0.1, 0.15) is 6.07 Å². The number of anilines is 1. The molecule has 1 aromatic rings. The molecule has 3 nitrogen and oxygen atoms in total. The van der Waals surface area contributed by atoms with Crippen molar-refractivity contribution in [2.45, 2.75) is 33.7 Å². The van der Waals surface area contributed by atoms with Gasteiger partial charge in [-0.15, -0.1) is 0 Å². The second-order valence-electron chi connectivity index (χ2n) is 5.16. The summed E-state index contributed by atoms with van der Waals surface area (Å²) >= 11 is 0. The van der Waals surface area contributed by atoms with Crippen LogP contribution in [0.5, 0.6) is 0 Å². The molecule has 0 N–H and O–H groups in total. The Hall–Kier alpha value is -1.56. The SMILES string of the molecule is CC(N(C)c1cnccc1C#N)C(C)(C)C. The monoisotopic (exact) mass is 217 g/mol. The first-order valence-electron chi connectivity index (χ1n) is 5.45. The van der Waals surface area contributed by atoms with E-state index in [1.165, 1.54) is 0 Å². The van der Waals surface area contributed by atoms with Gasteiger partial charge in [-0.2, -0.15) is 5.26 Å². The fourth-order valence-corrected chi connectivity index (χ4v) is 1.55. The summed E-state index contributed by atoms with van der Waals surface area (Å²) in [7, 11) is 2.01. The molecular formula is C13H19N3. The number of hydrogen-bond acceptors (Lipinski definition) is 3. The van der Waals surface area contributed by atoms with E-state index >= 15 is 0 Å². The molecule has 0 fully saturated rings. The summed E-state index contributed by atoms with van der Waals surface area (Å²) in [4.78, 5) is 6.20. The molecule has 0 aliphatic rings. The fourth-order valence-electron chi connectivity index (χ4n) is 1.55. The predicted octanol–water partition coefficient (Wildman–Crippen LogP) is 2.82. The maximum absolute atomic E-state index is 9.05. The Bertz CT molecular complexity index is 398. The smallest absolute Gasteiger partial charge is 0.101 e. The number of hydrogen-bond donors (Lipinski definition) is 0. The van der Waals surface area contributed by atoms with Crippen LogP contribution in [0.25, 0.3) is 0 Å². The van der Waals surface area contributed by atoms with Gasteiger partial charge in [0.05, 0.1) is 17.4 Å². The third-order valence-corrected chi connectivity index (χ3v) is 3.13. The van der Waals surface area contributed by atoms with Crippen LogP contribution in [0.2, 0.25) is 0 Å². The van der Waals surface area contributed by atoms with Crippen LogP contribution in [0.4, 0.5) is 5.69 Å². The zero-order valence-electron chi connectivity index (χ0n) is 10.7. The van der Waals surface area contributed by atoms with Crippen LogP contribution in [0, 0.1) is 16.7 Å². The summed E-state index contributed by atoms with van der Waals surface area (Å²) < 4.78 is 0. The van der Waals surface area contributed by atoms with Crippen LogP contribution in [0.15, 0.2) is 18.5 Å². The van der Waals surface area contributed by atoms with Gasteiger partial charge in [0, 0.05) is 19.3 Å². The van der Waals surface area contributed by atoms with E-state index in [0.717, 1.165) is 5.69 Å². The molecule has 0 aliphatic carbocycles. The molecule has 0 bridgehead atoms. The molecule has 0 saturated carbocycles. The van der Waals surface area contributed by atoms with Crippen LogP contribution in [0.3, 0.4) is 0 Å². The van der Waals surface area contributed by atoms with E-state index in [1.54, 1.807) is 18.5 Å². The van der Waals surface area contributed by atoms with Gasteiger partial charge in [-0.3, -0.25) is 4.98 Å². The molecule has 16 heavy (non-hydrogen) atoms. The molecule has 1 atom stereocenters. The summed E-state index contributed by atoms with van der Waals surface area (Å²) in [5, 5.41) is 9.05. The second-order valence-corrected chi connectivity index (χ2v) is 5.16. The summed E-state index contributed by atoms with van der Waals surface area (Å²) in [5.74, 6) is 0. The summed E-state index contributed by atoms with van der Waals surface area (Å²) in [6, 6.07) is 4.29. The topological polar surface area (TPSA) is 39.9 Å². The lowest BCUT2D eigenvalue weighted by Crippen LogP contribution is -2.39. The van der Waals surface area contributed by atoms with Gasteiger partial charge < -0.3 is 4.90 Å². The first-order valence-corrected chi connectivity index (χ1v) is 5.45. The minimum atomic E-state index is 0.164. The Morgan fingerprint density at radius 3 is 2.56 bits per heavy atom. The quantitative estimate of drug-likeness (QED) is 0.764. The van der Waals surface area contributed by atoms with E-state index in [9.17, 15) is 0 Å². The van der Waals surface area contributed by atoms with E-state index in [0.29, 0.717) is 11.6 Å². The molecule has 1 unspecified atom stereocenters. The second kappa shape index (κ2) is 4.52. The Kier molecular flexibility index (Phi) is 3.54. The van der Waals surface area contributed by atoms with Gasteiger partial charge in [0.25, 0.3) is 0 Å². The summed E-state index contributed by atoms with van der Waals surface area (Å²) in [6.07, 6.45) is 3.40. The molecule has 0 saturated heterocycles. The average Bonchev–Trinajstić information content (AvgIpc) is 2.25. The molecule has 0 amide bonds. The third kappa shape index (κ3) is 2.52. The highest BCUT2D eigenvalue weighted by Gasteiger charge is 2.25. The number of nitriles is 1. The van der Waals surface area contributed by atoms with Gasteiger partial charge in [0.15, 0.2) is 0 Å². The van der Waals surface area contributed by atoms with Crippen LogP contribution in [0.1, 0.15) is 33.3 Å². The minimum absolute atomic E-state index is 0.164. The number of pyridine rings is 1. The summed E-state index contributed by atoms with van der Waals surface area (Å²) in [6.45, 7) is 8.73. The molecule has 1 aromatic heterocycles. The Morgan fingerprint density at radius 2 is 2.06 bits per heavy atom. The fraction of sp³-hybridized carbons (Fsp3) is 0.538. The zero-order chi connectivity index (χ0) is 12.3. The highest BCUT2D eigenvalue weighted by atomic mass is 15.1. The van der Waals surface area contributed by atoms with E-state index in [-0.39, 0.29) is 5.41 Å². The minimum Gasteiger partial charge on any atom is -0.369 e. The molecule has 0 radical (unpaired) electrons. The lowest BCUT2D eigenvalue weighted by molar-refractivity contribution is 0.329. The van der Waals surface area contributed by atoms with Crippen molar-refractivity contribution in [3.63, 3.8) is 0 Å². The normalized spacial score (nSPS) is 13.0. The maximum atomic E-state index is 9.05.